The molecule has 18 heavy (non-hydrogen) atoms. The van der Waals surface area contributed by atoms with Gasteiger partial charge in [-0.05, 0) is 31.2 Å². The van der Waals surface area contributed by atoms with Crippen LogP contribution in [0, 0.1) is 18.3 Å². The molecule has 0 aliphatic heterocycles. The second-order valence-electron chi connectivity index (χ2n) is 5.01. The number of hydrogen-bond acceptors (Lipinski definition) is 2. The molecule has 1 aromatic carbocycles. The van der Waals surface area contributed by atoms with E-state index < -0.39 is 6.10 Å². The summed E-state index contributed by atoms with van der Waals surface area (Å²) in [5.74, 6) is 3.51. The Bertz CT molecular complexity index is 431. The molecule has 0 heterocycles. The summed E-state index contributed by atoms with van der Waals surface area (Å²) in [5.41, 5.74) is 2.09. The number of anilines is 1. The summed E-state index contributed by atoms with van der Waals surface area (Å²) in [4.78, 5) is 2.23. The van der Waals surface area contributed by atoms with Crippen LogP contribution in [0.4, 0.5) is 5.69 Å². The Labute approximate surface area is 110 Å². The molecule has 0 bridgehead atoms. The number of nitrogens with zero attached hydrogens (tertiary/aromatic N) is 1. The fourth-order valence-corrected chi connectivity index (χ4v) is 2.25. The minimum absolute atomic E-state index is 0.402. The fourth-order valence-electron chi connectivity index (χ4n) is 2.25. The number of rotatable bonds is 6. The Morgan fingerprint density at radius 1 is 1.44 bits per heavy atom. The van der Waals surface area contributed by atoms with Crippen LogP contribution in [0.15, 0.2) is 24.3 Å². The van der Waals surface area contributed by atoms with Gasteiger partial charge in [-0.15, -0.1) is 6.42 Å². The van der Waals surface area contributed by atoms with Gasteiger partial charge in [-0.2, -0.15) is 0 Å². The smallest absolute Gasteiger partial charge is 0.0807 e. The third-order valence-corrected chi connectivity index (χ3v) is 3.48. The van der Waals surface area contributed by atoms with Crippen LogP contribution in [0.2, 0.25) is 0 Å². The molecule has 1 N–H and O–H groups in total. The van der Waals surface area contributed by atoms with E-state index >= 15 is 0 Å². The topological polar surface area (TPSA) is 23.5 Å². The Balaban J connectivity index is 2.24. The molecule has 0 saturated heterocycles. The van der Waals surface area contributed by atoms with Gasteiger partial charge >= 0.3 is 0 Å². The molecule has 1 aromatic rings. The van der Waals surface area contributed by atoms with Crippen molar-refractivity contribution in [2.75, 3.05) is 18.0 Å². The molecule has 2 nitrogen and oxygen atoms in total. The van der Waals surface area contributed by atoms with Gasteiger partial charge in [-0.1, -0.05) is 31.0 Å². The lowest BCUT2D eigenvalue weighted by atomic mass is 10.0. The number of aliphatic hydroxyl groups excluding tert-OH is 1. The van der Waals surface area contributed by atoms with Gasteiger partial charge in [-0.3, -0.25) is 0 Å². The molecule has 0 amide bonds. The highest BCUT2D eigenvalue weighted by atomic mass is 16.3. The predicted octanol–water partition coefficient (Wildman–Crippen LogP) is 2.98. The first-order valence-corrected chi connectivity index (χ1v) is 6.71. The number of para-hydroxylation sites is 1. The van der Waals surface area contributed by atoms with Crippen molar-refractivity contribution in [1.82, 2.24) is 0 Å². The number of benzene rings is 1. The van der Waals surface area contributed by atoms with E-state index in [0.717, 1.165) is 30.1 Å². The Hall–Kier alpha value is -1.46. The van der Waals surface area contributed by atoms with Crippen molar-refractivity contribution in [2.45, 2.75) is 32.3 Å². The molecule has 0 aromatic heterocycles. The average molecular weight is 243 g/mol. The maximum Gasteiger partial charge on any atom is 0.0807 e. The van der Waals surface area contributed by atoms with Crippen molar-refractivity contribution in [1.29, 1.82) is 0 Å². The van der Waals surface area contributed by atoms with Gasteiger partial charge in [0.2, 0.25) is 0 Å². The minimum Gasteiger partial charge on any atom is -0.388 e. The van der Waals surface area contributed by atoms with Gasteiger partial charge in [0.05, 0.1) is 12.6 Å². The van der Waals surface area contributed by atoms with Crippen molar-refractivity contribution >= 4 is 5.69 Å². The molecule has 1 atom stereocenters. The molecule has 1 unspecified atom stereocenters. The second-order valence-corrected chi connectivity index (χ2v) is 5.01. The summed E-state index contributed by atoms with van der Waals surface area (Å²) in [7, 11) is 0. The third kappa shape index (κ3) is 3.05. The van der Waals surface area contributed by atoms with E-state index in [-0.39, 0.29) is 0 Å². The minimum atomic E-state index is -0.402. The quantitative estimate of drug-likeness (QED) is 0.776. The van der Waals surface area contributed by atoms with Crippen LogP contribution in [0.1, 0.15) is 37.9 Å². The Morgan fingerprint density at radius 2 is 2.17 bits per heavy atom. The zero-order valence-corrected chi connectivity index (χ0v) is 11.0. The maximum absolute atomic E-state index is 10.1. The molecular weight excluding hydrogens is 222 g/mol. The van der Waals surface area contributed by atoms with E-state index in [1.807, 2.05) is 25.1 Å². The van der Waals surface area contributed by atoms with Crippen LogP contribution in [-0.4, -0.2) is 18.2 Å². The van der Waals surface area contributed by atoms with Crippen LogP contribution < -0.4 is 4.90 Å². The highest BCUT2D eigenvalue weighted by Crippen LogP contribution is 2.34. The monoisotopic (exact) mass is 243 g/mol. The van der Waals surface area contributed by atoms with Gasteiger partial charge in [0.25, 0.3) is 0 Å². The van der Waals surface area contributed by atoms with Gasteiger partial charge in [0, 0.05) is 17.8 Å². The molecule has 2 heteroatoms. The zero-order valence-electron chi connectivity index (χ0n) is 11.0. The van der Waals surface area contributed by atoms with Crippen LogP contribution in [0.25, 0.3) is 0 Å². The van der Waals surface area contributed by atoms with Gasteiger partial charge in [0.1, 0.15) is 0 Å². The summed E-state index contributed by atoms with van der Waals surface area (Å²) in [6.45, 7) is 3.62. The molecule has 0 radical (unpaired) electrons. The maximum atomic E-state index is 10.1. The lowest BCUT2D eigenvalue weighted by Gasteiger charge is -2.26. The SMILES string of the molecule is C#CCN(CC1CC1)c1ccccc1C(O)CC. The summed E-state index contributed by atoms with van der Waals surface area (Å²) in [6, 6.07) is 8.05. The van der Waals surface area contributed by atoms with Gasteiger partial charge in [0.15, 0.2) is 0 Å². The van der Waals surface area contributed by atoms with E-state index in [1.54, 1.807) is 0 Å². The normalized spacial score (nSPS) is 16.1. The number of hydrogen-bond donors (Lipinski definition) is 1. The molecule has 2 rings (SSSR count). The number of aliphatic hydroxyl groups is 1. The highest BCUT2D eigenvalue weighted by molar-refractivity contribution is 5.55. The van der Waals surface area contributed by atoms with Crippen LogP contribution in [0.3, 0.4) is 0 Å². The standard InChI is InChI=1S/C16H21NO/c1-3-11-17(12-13-9-10-13)15-8-6-5-7-14(15)16(18)4-2/h1,5-8,13,16,18H,4,9-12H2,2H3. The van der Waals surface area contributed by atoms with E-state index in [9.17, 15) is 5.11 Å². The summed E-state index contributed by atoms with van der Waals surface area (Å²) in [6.07, 6.45) is 8.40. The van der Waals surface area contributed by atoms with Gasteiger partial charge in [-0.25, -0.2) is 0 Å². The lowest BCUT2D eigenvalue weighted by Crippen LogP contribution is -2.27. The molecular formula is C16H21NO. The Morgan fingerprint density at radius 3 is 2.78 bits per heavy atom. The van der Waals surface area contributed by atoms with Crippen LogP contribution in [-0.2, 0) is 0 Å². The fraction of sp³-hybridized carbons (Fsp3) is 0.500. The molecule has 1 fully saturated rings. The van der Waals surface area contributed by atoms with E-state index in [1.165, 1.54) is 12.8 Å². The molecule has 0 spiro atoms. The summed E-state index contributed by atoms with van der Waals surface area (Å²) in [5, 5.41) is 10.1. The Kier molecular flexibility index (Phi) is 4.28. The van der Waals surface area contributed by atoms with Crippen LogP contribution >= 0.6 is 0 Å². The van der Waals surface area contributed by atoms with Crippen molar-refractivity contribution in [3.8, 4) is 12.3 Å². The molecule has 1 aliphatic carbocycles. The van der Waals surface area contributed by atoms with Gasteiger partial charge < -0.3 is 10.0 Å². The first-order chi connectivity index (χ1) is 8.76. The van der Waals surface area contributed by atoms with E-state index in [0.29, 0.717) is 6.54 Å². The highest BCUT2D eigenvalue weighted by Gasteiger charge is 2.25. The van der Waals surface area contributed by atoms with E-state index in [2.05, 4.69) is 16.9 Å². The van der Waals surface area contributed by atoms with Crippen LogP contribution in [0.5, 0.6) is 0 Å². The summed E-state index contributed by atoms with van der Waals surface area (Å²) < 4.78 is 0. The second kappa shape index (κ2) is 5.93. The largest absolute Gasteiger partial charge is 0.388 e. The first-order valence-electron chi connectivity index (χ1n) is 6.71. The average Bonchev–Trinajstić information content (AvgIpc) is 3.21. The van der Waals surface area contributed by atoms with Crippen molar-refractivity contribution in [3.63, 3.8) is 0 Å². The molecule has 1 saturated carbocycles. The third-order valence-electron chi connectivity index (χ3n) is 3.48. The first kappa shape index (κ1) is 13.0. The molecule has 1 aliphatic rings. The van der Waals surface area contributed by atoms with Crippen molar-refractivity contribution in [3.05, 3.63) is 29.8 Å². The lowest BCUT2D eigenvalue weighted by molar-refractivity contribution is 0.174. The summed E-state index contributed by atoms with van der Waals surface area (Å²) >= 11 is 0. The number of terminal acetylenes is 1. The zero-order chi connectivity index (χ0) is 13.0. The molecule has 96 valence electrons. The van der Waals surface area contributed by atoms with Crippen molar-refractivity contribution in [2.24, 2.45) is 5.92 Å². The predicted molar refractivity (Wildman–Crippen MR) is 75.5 cm³/mol. The van der Waals surface area contributed by atoms with E-state index in [4.69, 9.17) is 6.42 Å². The van der Waals surface area contributed by atoms with Crippen molar-refractivity contribution < 1.29 is 5.11 Å².